The van der Waals surface area contributed by atoms with E-state index in [2.05, 4.69) is 10.1 Å². The van der Waals surface area contributed by atoms with Gasteiger partial charge >= 0.3 is 0 Å². The monoisotopic (exact) mass is 204 g/mol. The van der Waals surface area contributed by atoms with E-state index in [0.717, 1.165) is 5.56 Å². The molecule has 0 amide bonds. The molecule has 3 N–H and O–H groups in total. The van der Waals surface area contributed by atoms with Gasteiger partial charge < -0.3 is 10.8 Å². The lowest BCUT2D eigenvalue weighted by Crippen LogP contribution is -2.09. The molecule has 5 heteroatoms. The first-order valence-electron chi connectivity index (χ1n) is 4.61. The van der Waals surface area contributed by atoms with Crippen LogP contribution in [0.2, 0.25) is 0 Å². The van der Waals surface area contributed by atoms with E-state index in [1.54, 1.807) is 35.3 Å². The Morgan fingerprint density at radius 3 is 2.67 bits per heavy atom. The van der Waals surface area contributed by atoms with E-state index in [-0.39, 0.29) is 0 Å². The predicted octanol–water partition coefficient (Wildman–Crippen LogP) is 0.594. The van der Waals surface area contributed by atoms with E-state index in [0.29, 0.717) is 12.2 Å². The second-order valence-electron chi connectivity index (χ2n) is 3.30. The number of anilines is 1. The number of hydrogen-bond acceptors (Lipinski definition) is 4. The molecule has 2 aromatic rings. The fraction of sp³-hybridized carbons (Fsp3) is 0.200. The zero-order valence-electron chi connectivity index (χ0n) is 8.11. The van der Waals surface area contributed by atoms with Gasteiger partial charge in [-0.25, -0.2) is 4.98 Å². The highest BCUT2D eigenvalue weighted by Crippen LogP contribution is 2.15. The minimum Gasteiger partial charge on any atom is -0.399 e. The summed E-state index contributed by atoms with van der Waals surface area (Å²) in [6.07, 6.45) is 2.42. The van der Waals surface area contributed by atoms with Crippen LogP contribution in [0.15, 0.2) is 36.9 Å². The third-order valence-corrected chi connectivity index (χ3v) is 2.15. The van der Waals surface area contributed by atoms with Gasteiger partial charge in [0.05, 0.1) is 12.6 Å². The van der Waals surface area contributed by atoms with Crippen LogP contribution in [0, 0.1) is 0 Å². The summed E-state index contributed by atoms with van der Waals surface area (Å²) in [5, 5.41) is 13.8. The fourth-order valence-electron chi connectivity index (χ4n) is 1.33. The van der Waals surface area contributed by atoms with Crippen molar-refractivity contribution in [3.8, 4) is 0 Å². The van der Waals surface area contributed by atoms with E-state index >= 15 is 0 Å². The molecule has 15 heavy (non-hydrogen) atoms. The third-order valence-electron chi connectivity index (χ3n) is 2.15. The number of benzene rings is 1. The number of aromatic nitrogens is 3. The molecule has 2 rings (SSSR count). The summed E-state index contributed by atoms with van der Waals surface area (Å²) in [4.78, 5) is 3.80. The van der Waals surface area contributed by atoms with Crippen molar-refractivity contribution in [1.82, 2.24) is 14.8 Å². The molecular weight excluding hydrogens is 192 g/mol. The SMILES string of the molecule is Nc1ccc(C(O)Cn2cncn2)cc1. The molecule has 0 spiro atoms. The first-order chi connectivity index (χ1) is 7.25. The molecule has 5 nitrogen and oxygen atoms in total. The van der Waals surface area contributed by atoms with Gasteiger partial charge in [-0.2, -0.15) is 5.10 Å². The van der Waals surface area contributed by atoms with Crippen LogP contribution in [-0.4, -0.2) is 19.9 Å². The van der Waals surface area contributed by atoms with Crippen molar-refractivity contribution in [3.05, 3.63) is 42.5 Å². The van der Waals surface area contributed by atoms with Crippen molar-refractivity contribution in [2.75, 3.05) is 5.73 Å². The van der Waals surface area contributed by atoms with Crippen LogP contribution in [-0.2, 0) is 6.54 Å². The van der Waals surface area contributed by atoms with Gasteiger partial charge in [-0.1, -0.05) is 12.1 Å². The minimum absolute atomic E-state index is 0.393. The molecule has 1 unspecified atom stereocenters. The number of nitrogens with two attached hydrogens (primary N) is 1. The number of hydrogen-bond donors (Lipinski definition) is 2. The highest BCUT2D eigenvalue weighted by molar-refractivity contribution is 5.39. The molecule has 0 aliphatic carbocycles. The van der Waals surface area contributed by atoms with E-state index in [1.165, 1.54) is 6.33 Å². The Morgan fingerprint density at radius 2 is 2.07 bits per heavy atom. The second-order valence-corrected chi connectivity index (χ2v) is 3.30. The smallest absolute Gasteiger partial charge is 0.137 e. The molecular formula is C10H12N4O. The topological polar surface area (TPSA) is 77.0 Å². The Kier molecular flexibility index (Phi) is 2.64. The van der Waals surface area contributed by atoms with Crippen LogP contribution in [0.5, 0.6) is 0 Å². The van der Waals surface area contributed by atoms with Gasteiger partial charge in [0.2, 0.25) is 0 Å². The molecule has 0 aliphatic rings. The molecule has 0 fully saturated rings. The molecule has 0 saturated carbocycles. The maximum Gasteiger partial charge on any atom is 0.137 e. The van der Waals surface area contributed by atoms with Crippen molar-refractivity contribution >= 4 is 5.69 Å². The fourth-order valence-corrected chi connectivity index (χ4v) is 1.33. The van der Waals surface area contributed by atoms with Crippen molar-refractivity contribution in [2.24, 2.45) is 0 Å². The van der Waals surface area contributed by atoms with Crippen molar-refractivity contribution in [1.29, 1.82) is 0 Å². The second kappa shape index (κ2) is 4.10. The third kappa shape index (κ3) is 2.32. The van der Waals surface area contributed by atoms with Crippen molar-refractivity contribution in [3.63, 3.8) is 0 Å². The van der Waals surface area contributed by atoms with Gasteiger partial charge in [0.25, 0.3) is 0 Å². The summed E-state index contributed by atoms with van der Waals surface area (Å²) in [5.74, 6) is 0. The number of aliphatic hydroxyl groups is 1. The summed E-state index contributed by atoms with van der Waals surface area (Å²) in [6, 6.07) is 7.13. The summed E-state index contributed by atoms with van der Waals surface area (Å²) in [5.41, 5.74) is 7.06. The molecule has 1 aromatic carbocycles. The van der Waals surface area contributed by atoms with Crippen LogP contribution in [0.1, 0.15) is 11.7 Å². The van der Waals surface area contributed by atoms with Crippen LogP contribution >= 0.6 is 0 Å². The molecule has 1 heterocycles. The molecule has 78 valence electrons. The normalized spacial score (nSPS) is 12.6. The lowest BCUT2D eigenvalue weighted by molar-refractivity contribution is 0.151. The van der Waals surface area contributed by atoms with Crippen LogP contribution < -0.4 is 5.73 Å². The van der Waals surface area contributed by atoms with Crippen molar-refractivity contribution < 1.29 is 5.11 Å². The average molecular weight is 204 g/mol. The van der Waals surface area contributed by atoms with E-state index in [4.69, 9.17) is 5.73 Å². The molecule has 1 aromatic heterocycles. The predicted molar refractivity (Wildman–Crippen MR) is 55.8 cm³/mol. The van der Waals surface area contributed by atoms with Gasteiger partial charge in [-0.15, -0.1) is 0 Å². The Balaban J connectivity index is 2.08. The molecule has 0 bridgehead atoms. The van der Waals surface area contributed by atoms with Crippen molar-refractivity contribution in [2.45, 2.75) is 12.6 Å². The number of nitrogen functional groups attached to an aromatic ring is 1. The lowest BCUT2D eigenvalue weighted by Gasteiger charge is -2.10. The van der Waals surface area contributed by atoms with Gasteiger partial charge in [0, 0.05) is 5.69 Å². The summed E-state index contributed by atoms with van der Waals surface area (Å²) < 4.78 is 1.58. The number of nitrogens with zero attached hydrogens (tertiary/aromatic N) is 3. The summed E-state index contributed by atoms with van der Waals surface area (Å²) in [6.45, 7) is 0.393. The van der Waals surface area contributed by atoms with Gasteiger partial charge in [0.15, 0.2) is 0 Å². The maximum atomic E-state index is 9.85. The number of rotatable bonds is 3. The lowest BCUT2D eigenvalue weighted by atomic mass is 10.1. The first kappa shape index (κ1) is 9.67. The summed E-state index contributed by atoms with van der Waals surface area (Å²) in [7, 11) is 0. The number of aliphatic hydroxyl groups excluding tert-OH is 1. The quantitative estimate of drug-likeness (QED) is 0.717. The van der Waals surface area contributed by atoms with E-state index in [9.17, 15) is 5.11 Å². The molecule has 0 radical (unpaired) electrons. The molecule has 1 atom stereocenters. The van der Waals surface area contributed by atoms with Crippen LogP contribution in [0.25, 0.3) is 0 Å². The average Bonchev–Trinajstić information content (AvgIpc) is 2.71. The Labute approximate surface area is 87.2 Å². The Hall–Kier alpha value is -1.88. The van der Waals surface area contributed by atoms with E-state index in [1.807, 2.05) is 0 Å². The summed E-state index contributed by atoms with van der Waals surface area (Å²) >= 11 is 0. The highest BCUT2D eigenvalue weighted by Gasteiger charge is 2.07. The highest BCUT2D eigenvalue weighted by atomic mass is 16.3. The van der Waals surface area contributed by atoms with Gasteiger partial charge in [0.1, 0.15) is 12.7 Å². The van der Waals surface area contributed by atoms with Crippen LogP contribution in [0.3, 0.4) is 0 Å². The van der Waals surface area contributed by atoms with Gasteiger partial charge in [-0.05, 0) is 17.7 Å². The van der Waals surface area contributed by atoms with Gasteiger partial charge in [-0.3, -0.25) is 4.68 Å². The van der Waals surface area contributed by atoms with E-state index < -0.39 is 6.10 Å². The van der Waals surface area contributed by atoms with Crippen LogP contribution in [0.4, 0.5) is 5.69 Å². The zero-order valence-corrected chi connectivity index (χ0v) is 8.11. The first-order valence-corrected chi connectivity index (χ1v) is 4.61. The zero-order chi connectivity index (χ0) is 10.7. The maximum absolute atomic E-state index is 9.85. The largest absolute Gasteiger partial charge is 0.399 e. The minimum atomic E-state index is -0.590. The molecule has 0 saturated heterocycles. The molecule has 0 aliphatic heterocycles. The Morgan fingerprint density at radius 1 is 1.33 bits per heavy atom. The Bertz CT molecular complexity index is 409. The standard InChI is InChI=1S/C10H12N4O/c11-9-3-1-8(2-4-9)10(15)5-14-7-12-6-13-14/h1-4,6-7,10,15H,5,11H2.